The molecule has 2 N–H and O–H groups in total. The molecule has 1 aromatic carbocycles. The van der Waals surface area contributed by atoms with Crippen molar-refractivity contribution in [1.29, 1.82) is 0 Å². The molecule has 0 aliphatic heterocycles. The Balaban J connectivity index is 1.48. The first-order chi connectivity index (χ1) is 11.6. The van der Waals surface area contributed by atoms with E-state index in [0.717, 1.165) is 30.5 Å². The maximum absolute atomic E-state index is 12.2. The van der Waals surface area contributed by atoms with Gasteiger partial charge in [-0.3, -0.25) is 0 Å². The molecule has 6 nitrogen and oxygen atoms in total. The van der Waals surface area contributed by atoms with Gasteiger partial charge in [0.15, 0.2) is 0 Å². The fourth-order valence-corrected chi connectivity index (χ4v) is 3.17. The molecule has 128 valence electrons. The molecule has 0 radical (unpaired) electrons. The van der Waals surface area contributed by atoms with Crippen LogP contribution in [0.1, 0.15) is 24.8 Å². The van der Waals surface area contributed by atoms with Crippen molar-refractivity contribution >= 4 is 6.03 Å². The summed E-state index contributed by atoms with van der Waals surface area (Å²) in [6.45, 7) is 1.08. The molecule has 1 saturated carbocycles. The van der Waals surface area contributed by atoms with Gasteiger partial charge in [0.1, 0.15) is 0 Å². The molecule has 1 aromatic heterocycles. The van der Waals surface area contributed by atoms with Crippen LogP contribution in [0.3, 0.4) is 0 Å². The summed E-state index contributed by atoms with van der Waals surface area (Å²) in [6, 6.07) is 9.70. The number of rotatable bonds is 5. The van der Waals surface area contributed by atoms with E-state index in [-0.39, 0.29) is 18.1 Å². The highest BCUT2D eigenvalue weighted by molar-refractivity contribution is 5.73. The molecular formula is C18H24N4O2. The Bertz CT molecular complexity index is 654. The van der Waals surface area contributed by atoms with E-state index in [9.17, 15) is 9.90 Å². The number of urea groups is 1. The smallest absolute Gasteiger partial charge is 0.317 e. The molecule has 2 aromatic rings. The van der Waals surface area contributed by atoms with Gasteiger partial charge in [0, 0.05) is 38.4 Å². The fraction of sp³-hybridized carbons (Fsp3) is 0.444. The van der Waals surface area contributed by atoms with Crippen LogP contribution in [-0.2, 0) is 6.54 Å². The van der Waals surface area contributed by atoms with E-state index in [1.54, 1.807) is 22.8 Å². The van der Waals surface area contributed by atoms with Gasteiger partial charge in [-0.1, -0.05) is 18.6 Å². The Morgan fingerprint density at radius 3 is 2.79 bits per heavy atom. The predicted molar refractivity (Wildman–Crippen MR) is 91.8 cm³/mol. The second-order valence-electron chi connectivity index (χ2n) is 6.41. The van der Waals surface area contributed by atoms with Crippen LogP contribution in [0.2, 0.25) is 0 Å². The van der Waals surface area contributed by atoms with Crippen LogP contribution in [0.5, 0.6) is 0 Å². The van der Waals surface area contributed by atoms with Crippen LogP contribution in [0, 0.1) is 5.92 Å². The lowest BCUT2D eigenvalue weighted by molar-refractivity contribution is 0.114. The van der Waals surface area contributed by atoms with E-state index < -0.39 is 0 Å². The van der Waals surface area contributed by atoms with Gasteiger partial charge in [0.25, 0.3) is 0 Å². The SMILES string of the molecule is CN(C[C@@H]1CCC[C@@H]1O)C(=O)NCc1ccc(-n2cccn2)cc1. The van der Waals surface area contributed by atoms with Crippen molar-refractivity contribution in [3.8, 4) is 5.69 Å². The number of aliphatic hydroxyl groups excluding tert-OH is 1. The van der Waals surface area contributed by atoms with Gasteiger partial charge in [0.2, 0.25) is 0 Å². The van der Waals surface area contributed by atoms with Crippen molar-refractivity contribution in [3.05, 3.63) is 48.3 Å². The predicted octanol–water partition coefficient (Wildman–Crippen LogP) is 2.17. The third kappa shape index (κ3) is 3.94. The van der Waals surface area contributed by atoms with E-state index in [1.165, 1.54) is 0 Å². The molecule has 3 rings (SSSR count). The summed E-state index contributed by atoms with van der Waals surface area (Å²) in [5.41, 5.74) is 2.02. The molecule has 0 bridgehead atoms. The Morgan fingerprint density at radius 2 is 2.17 bits per heavy atom. The number of hydrogen-bond acceptors (Lipinski definition) is 3. The highest BCUT2D eigenvalue weighted by Gasteiger charge is 2.27. The van der Waals surface area contributed by atoms with E-state index in [1.807, 2.05) is 36.5 Å². The number of hydrogen-bond donors (Lipinski definition) is 2. The van der Waals surface area contributed by atoms with Gasteiger partial charge < -0.3 is 15.3 Å². The van der Waals surface area contributed by atoms with E-state index in [2.05, 4.69) is 10.4 Å². The molecule has 1 heterocycles. The number of carbonyl (C=O) groups excluding carboxylic acids is 1. The topological polar surface area (TPSA) is 70.4 Å². The molecular weight excluding hydrogens is 304 g/mol. The van der Waals surface area contributed by atoms with Gasteiger partial charge >= 0.3 is 6.03 Å². The van der Waals surface area contributed by atoms with E-state index in [0.29, 0.717) is 13.1 Å². The standard InChI is InChI=1S/C18H24N4O2/c1-21(13-15-4-2-5-17(15)23)18(24)19-12-14-6-8-16(9-7-14)22-11-3-10-20-22/h3,6-11,15,17,23H,2,4-5,12-13H2,1H3,(H,19,24)/t15-,17-/m0/s1. The quantitative estimate of drug-likeness (QED) is 0.884. The number of nitrogens with one attached hydrogen (secondary N) is 1. The van der Waals surface area contributed by atoms with Gasteiger partial charge in [0.05, 0.1) is 11.8 Å². The third-order valence-corrected chi connectivity index (χ3v) is 4.62. The molecule has 24 heavy (non-hydrogen) atoms. The normalized spacial score (nSPS) is 20.1. The van der Waals surface area contributed by atoms with Crippen molar-refractivity contribution in [2.24, 2.45) is 5.92 Å². The van der Waals surface area contributed by atoms with Gasteiger partial charge in [-0.15, -0.1) is 0 Å². The van der Waals surface area contributed by atoms with Crippen molar-refractivity contribution in [2.75, 3.05) is 13.6 Å². The number of carbonyl (C=O) groups is 1. The van der Waals surface area contributed by atoms with Crippen LogP contribution < -0.4 is 5.32 Å². The number of benzene rings is 1. The molecule has 2 amide bonds. The summed E-state index contributed by atoms with van der Waals surface area (Å²) >= 11 is 0. The Morgan fingerprint density at radius 1 is 1.38 bits per heavy atom. The average molecular weight is 328 g/mol. The van der Waals surface area contributed by atoms with Crippen molar-refractivity contribution in [2.45, 2.75) is 31.9 Å². The highest BCUT2D eigenvalue weighted by atomic mass is 16.3. The minimum absolute atomic E-state index is 0.106. The molecule has 0 unspecified atom stereocenters. The van der Waals surface area contributed by atoms with Crippen LogP contribution in [0.15, 0.2) is 42.7 Å². The first-order valence-corrected chi connectivity index (χ1v) is 8.39. The molecule has 1 aliphatic carbocycles. The van der Waals surface area contributed by atoms with Gasteiger partial charge in [-0.2, -0.15) is 5.10 Å². The maximum atomic E-state index is 12.2. The van der Waals surface area contributed by atoms with Crippen LogP contribution in [0.4, 0.5) is 4.79 Å². The summed E-state index contributed by atoms with van der Waals surface area (Å²) in [7, 11) is 1.78. The van der Waals surface area contributed by atoms with E-state index in [4.69, 9.17) is 0 Å². The first kappa shape index (κ1) is 16.5. The van der Waals surface area contributed by atoms with Crippen molar-refractivity contribution in [1.82, 2.24) is 20.0 Å². The number of aromatic nitrogens is 2. The molecule has 1 aliphatic rings. The van der Waals surface area contributed by atoms with Crippen LogP contribution >= 0.6 is 0 Å². The number of aliphatic hydroxyl groups is 1. The summed E-state index contributed by atoms with van der Waals surface area (Å²) in [4.78, 5) is 13.8. The Hall–Kier alpha value is -2.34. The second-order valence-corrected chi connectivity index (χ2v) is 6.41. The summed E-state index contributed by atoms with van der Waals surface area (Å²) in [5, 5.41) is 17.0. The number of nitrogens with zero attached hydrogens (tertiary/aromatic N) is 3. The summed E-state index contributed by atoms with van der Waals surface area (Å²) in [6.07, 6.45) is 6.25. The largest absolute Gasteiger partial charge is 0.393 e. The second kappa shape index (κ2) is 7.49. The molecule has 0 spiro atoms. The Labute approximate surface area is 142 Å². The lowest BCUT2D eigenvalue weighted by Crippen LogP contribution is -2.40. The summed E-state index contributed by atoms with van der Waals surface area (Å²) in [5.74, 6) is 0.203. The minimum Gasteiger partial charge on any atom is -0.393 e. The van der Waals surface area contributed by atoms with E-state index >= 15 is 0 Å². The van der Waals surface area contributed by atoms with Crippen molar-refractivity contribution in [3.63, 3.8) is 0 Å². The van der Waals surface area contributed by atoms with Crippen molar-refractivity contribution < 1.29 is 9.90 Å². The zero-order valence-electron chi connectivity index (χ0n) is 13.9. The maximum Gasteiger partial charge on any atom is 0.317 e. The minimum atomic E-state index is -0.268. The lowest BCUT2D eigenvalue weighted by atomic mass is 10.1. The molecule has 2 atom stereocenters. The highest BCUT2D eigenvalue weighted by Crippen LogP contribution is 2.25. The Kier molecular flexibility index (Phi) is 5.15. The van der Waals surface area contributed by atoms with Crippen LogP contribution in [0.25, 0.3) is 5.69 Å². The van der Waals surface area contributed by atoms with Crippen LogP contribution in [-0.4, -0.2) is 45.5 Å². The zero-order chi connectivity index (χ0) is 16.9. The third-order valence-electron chi connectivity index (χ3n) is 4.62. The zero-order valence-corrected chi connectivity index (χ0v) is 13.9. The first-order valence-electron chi connectivity index (χ1n) is 8.39. The molecule has 6 heteroatoms. The van der Waals surface area contributed by atoms with Gasteiger partial charge in [-0.25, -0.2) is 9.48 Å². The van der Waals surface area contributed by atoms with Gasteiger partial charge in [-0.05, 0) is 36.6 Å². The lowest BCUT2D eigenvalue weighted by Gasteiger charge is -2.23. The molecule has 1 fully saturated rings. The number of amides is 2. The monoisotopic (exact) mass is 328 g/mol. The fourth-order valence-electron chi connectivity index (χ4n) is 3.17. The summed E-state index contributed by atoms with van der Waals surface area (Å²) < 4.78 is 1.79. The molecule has 0 saturated heterocycles. The average Bonchev–Trinajstić information content (AvgIpc) is 3.26.